The average molecular weight is 202 g/mol. The van der Waals surface area contributed by atoms with Crippen LogP contribution in [0.1, 0.15) is 64.2 Å². The van der Waals surface area contributed by atoms with E-state index in [0.29, 0.717) is 0 Å². The molecule has 82 valence electrons. The predicted octanol–water partition coefficient (Wildman–Crippen LogP) is 4.15. The Hall–Kier alpha value is 0. The van der Waals surface area contributed by atoms with Crippen molar-refractivity contribution in [1.82, 2.24) is 0 Å². The van der Waals surface area contributed by atoms with Crippen molar-refractivity contribution >= 4 is 0 Å². The van der Waals surface area contributed by atoms with E-state index in [1.54, 1.807) is 64.2 Å². The van der Waals surface area contributed by atoms with Gasteiger partial charge in [0.05, 0.1) is 0 Å². The zero-order valence-electron chi connectivity index (χ0n) is 9.73. The molecule has 0 aromatic heterocycles. The van der Waals surface area contributed by atoms with Gasteiger partial charge in [0.1, 0.15) is 0 Å². The molecule has 5 saturated carbocycles. The Balaban J connectivity index is 1.56. The van der Waals surface area contributed by atoms with E-state index in [4.69, 9.17) is 0 Å². The van der Waals surface area contributed by atoms with E-state index in [1.165, 1.54) is 11.8 Å². The van der Waals surface area contributed by atoms with Crippen LogP contribution in [0, 0.1) is 28.1 Å². The van der Waals surface area contributed by atoms with E-state index in [9.17, 15) is 0 Å². The monoisotopic (exact) mass is 202 g/mol. The summed E-state index contributed by atoms with van der Waals surface area (Å²) < 4.78 is 0. The molecule has 0 atom stereocenters. The van der Waals surface area contributed by atoms with E-state index in [-0.39, 0.29) is 0 Å². The van der Waals surface area contributed by atoms with Gasteiger partial charge in [0.15, 0.2) is 0 Å². The summed E-state index contributed by atoms with van der Waals surface area (Å²) in [7, 11) is 0. The van der Waals surface area contributed by atoms with Gasteiger partial charge in [-0.05, 0) is 92.3 Å². The highest BCUT2D eigenvalue weighted by Gasteiger charge is 2.80. The summed E-state index contributed by atoms with van der Waals surface area (Å²) in [6, 6.07) is 0. The van der Waals surface area contributed by atoms with Crippen LogP contribution in [0.25, 0.3) is 0 Å². The Morgan fingerprint density at radius 1 is 0.533 bits per heavy atom. The van der Waals surface area contributed by atoms with Crippen molar-refractivity contribution < 1.29 is 0 Å². The minimum absolute atomic E-state index is 0.933. The first-order valence-corrected chi connectivity index (χ1v) is 7.33. The molecule has 5 rings (SSSR count). The van der Waals surface area contributed by atoms with E-state index < -0.39 is 0 Å². The van der Waals surface area contributed by atoms with E-state index in [1.807, 2.05) is 0 Å². The third-order valence-corrected chi connectivity index (χ3v) is 6.95. The normalized spacial score (nSPS) is 42.4. The Labute approximate surface area is 92.8 Å². The second-order valence-electron chi connectivity index (χ2n) is 7.44. The number of hydrogen-bond acceptors (Lipinski definition) is 0. The lowest BCUT2D eigenvalue weighted by Crippen LogP contribution is -2.31. The number of hydrogen-bond donors (Lipinski definition) is 0. The van der Waals surface area contributed by atoms with Crippen molar-refractivity contribution in [2.45, 2.75) is 64.2 Å². The molecule has 0 heterocycles. The molecule has 0 unspecified atom stereocenters. The molecular formula is C15H22. The topological polar surface area (TPSA) is 0 Å². The highest BCUT2D eigenvalue weighted by molar-refractivity contribution is 5.30. The molecule has 0 saturated heterocycles. The first-order chi connectivity index (χ1) is 7.33. The Kier molecular flexibility index (Phi) is 1.11. The van der Waals surface area contributed by atoms with E-state index >= 15 is 0 Å². The van der Waals surface area contributed by atoms with Crippen LogP contribution in [0.15, 0.2) is 0 Å². The van der Waals surface area contributed by atoms with Crippen molar-refractivity contribution in [3.8, 4) is 0 Å². The fourth-order valence-corrected chi connectivity index (χ4v) is 5.71. The van der Waals surface area contributed by atoms with Crippen LogP contribution < -0.4 is 0 Å². The lowest BCUT2D eigenvalue weighted by molar-refractivity contribution is 0.113. The van der Waals surface area contributed by atoms with Crippen molar-refractivity contribution in [3.05, 3.63) is 0 Å². The van der Waals surface area contributed by atoms with Gasteiger partial charge in [0, 0.05) is 0 Å². The van der Waals surface area contributed by atoms with Crippen molar-refractivity contribution in [2.24, 2.45) is 28.1 Å². The fraction of sp³-hybridized carbons (Fsp3) is 1.00. The molecular weight excluding hydrogens is 180 g/mol. The zero-order chi connectivity index (χ0) is 9.73. The van der Waals surface area contributed by atoms with E-state index in [0.717, 1.165) is 16.2 Å². The van der Waals surface area contributed by atoms with E-state index in [2.05, 4.69) is 0 Å². The van der Waals surface area contributed by atoms with Gasteiger partial charge >= 0.3 is 0 Å². The van der Waals surface area contributed by atoms with Crippen LogP contribution in [0.3, 0.4) is 0 Å². The molecule has 0 bridgehead atoms. The maximum atomic E-state index is 1.64. The number of rotatable bonds is 4. The van der Waals surface area contributed by atoms with Gasteiger partial charge in [-0.15, -0.1) is 0 Å². The summed E-state index contributed by atoms with van der Waals surface area (Å²) in [5.41, 5.74) is 2.81. The highest BCUT2D eigenvalue weighted by Crippen LogP contribution is 2.89. The summed E-state index contributed by atoms with van der Waals surface area (Å²) in [5, 5.41) is 0. The predicted molar refractivity (Wildman–Crippen MR) is 60.4 cm³/mol. The largest absolute Gasteiger partial charge is 0.0496 e. The molecule has 5 aliphatic rings. The van der Waals surface area contributed by atoms with Crippen molar-refractivity contribution in [1.29, 1.82) is 0 Å². The summed E-state index contributed by atoms with van der Waals surface area (Å²) in [4.78, 5) is 0. The van der Waals surface area contributed by atoms with Crippen LogP contribution in [0.4, 0.5) is 0 Å². The minimum Gasteiger partial charge on any atom is -0.0496 e. The van der Waals surface area contributed by atoms with Gasteiger partial charge in [0.25, 0.3) is 0 Å². The van der Waals surface area contributed by atoms with Gasteiger partial charge in [-0.1, -0.05) is 0 Å². The summed E-state index contributed by atoms with van der Waals surface area (Å²) in [5.74, 6) is 2.41. The fourth-order valence-electron chi connectivity index (χ4n) is 5.71. The minimum atomic E-state index is 0.933. The molecule has 0 aromatic rings. The second-order valence-corrected chi connectivity index (χ2v) is 7.44. The Morgan fingerprint density at radius 2 is 0.933 bits per heavy atom. The standard InChI is InChI=1S/C15H22/c1-2-11(1)13(5-6-13)15(9-10-15)14(7-8-14)12-3-4-12/h11-12H,1-10H2. The third kappa shape index (κ3) is 0.775. The van der Waals surface area contributed by atoms with Gasteiger partial charge < -0.3 is 0 Å². The van der Waals surface area contributed by atoms with Gasteiger partial charge in [0.2, 0.25) is 0 Å². The maximum Gasteiger partial charge on any atom is -0.0179 e. The quantitative estimate of drug-likeness (QED) is 0.642. The molecule has 0 amide bonds. The Morgan fingerprint density at radius 3 is 1.13 bits per heavy atom. The highest BCUT2D eigenvalue weighted by atomic mass is 14.8. The molecule has 0 heteroatoms. The first kappa shape index (κ1) is 8.14. The lowest BCUT2D eigenvalue weighted by Gasteiger charge is -2.36. The molecule has 0 nitrogen and oxygen atoms in total. The van der Waals surface area contributed by atoms with Crippen LogP contribution in [-0.2, 0) is 0 Å². The Bertz CT molecular complexity index is 290. The average Bonchev–Trinajstić information content (AvgIpc) is 3.14. The van der Waals surface area contributed by atoms with Crippen LogP contribution in [-0.4, -0.2) is 0 Å². The lowest BCUT2D eigenvalue weighted by atomic mass is 9.68. The van der Waals surface area contributed by atoms with Gasteiger partial charge in [-0.25, -0.2) is 0 Å². The molecule has 0 N–H and O–H groups in total. The van der Waals surface area contributed by atoms with Crippen molar-refractivity contribution in [3.63, 3.8) is 0 Å². The van der Waals surface area contributed by atoms with Crippen LogP contribution >= 0.6 is 0 Å². The molecule has 5 aliphatic carbocycles. The SMILES string of the molecule is C1CC1C1(C2(C3(C4CC4)CC3)CC2)CC1. The van der Waals surface area contributed by atoms with Crippen LogP contribution in [0.5, 0.6) is 0 Å². The summed E-state index contributed by atoms with van der Waals surface area (Å²) >= 11 is 0. The van der Waals surface area contributed by atoms with Crippen LogP contribution in [0.2, 0.25) is 0 Å². The second kappa shape index (κ2) is 2.05. The molecule has 0 aromatic carbocycles. The maximum absolute atomic E-state index is 1.64. The molecule has 15 heavy (non-hydrogen) atoms. The summed E-state index contributed by atoms with van der Waals surface area (Å²) in [6.45, 7) is 0. The molecule has 0 spiro atoms. The zero-order valence-corrected chi connectivity index (χ0v) is 9.73. The third-order valence-electron chi connectivity index (χ3n) is 6.95. The first-order valence-electron chi connectivity index (χ1n) is 7.33. The molecule has 5 fully saturated rings. The van der Waals surface area contributed by atoms with Crippen molar-refractivity contribution in [2.75, 3.05) is 0 Å². The van der Waals surface area contributed by atoms with Gasteiger partial charge in [-0.2, -0.15) is 0 Å². The van der Waals surface area contributed by atoms with Gasteiger partial charge in [-0.3, -0.25) is 0 Å². The summed E-state index contributed by atoms with van der Waals surface area (Å²) in [6.07, 6.45) is 16.2. The smallest absolute Gasteiger partial charge is 0.0179 e. The molecule has 0 radical (unpaired) electrons. The molecule has 0 aliphatic heterocycles.